The molecule has 1 aromatic carbocycles. The molecule has 130 valence electrons. The van der Waals surface area contributed by atoms with Crippen LogP contribution in [0, 0.1) is 17.7 Å². The van der Waals surface area contributed by atoms with Crippen LogP contribution in [0.4, 0.5) is 8.78 Å². The van der Waals surface area contributed by atoms with Crippen molar-refractivity contribution < 1.29 is 13.5 Å². The van der Waals surface area contributed by atoms with Gasteiger partial charge in [-0.1, -0.05) is 17.8 Å². The molecule has 0 bridgehead atoms. The van der Waals surface area contributed by atoms with Crippen molar-refractivity contribution in [1.82, 2.24) is 4.98 Å². The van der Waals surface area contributed by atoms with Gasteiger partial charge < -0.3 is 10.5 Å². The Balaban J connectivity index is 1.89. The normalized spacial score (nSPS) is 28.5. The Morgan fingerprint density at radius 1 is 1.32 bits per heavy atom. The summed E-state index contributed by atoms with van der Waals surface area (Å²) in [5.74, 6) is -0.263. The number of hydrogen-bond donors (Lipinski definition) is 1. The van der Waals surface area contributed by atoms with Crippen LogP contribution in [0.2, 0.25) is 0 Å². The van der Waals surface area contributed by atoms with Crippen molar-refractivity contribution in [2.45, 2.75) is 18.6 Å². The lowest BCUT2D eigenvalue weighted by atomic mass is 9.78. The number of hydrogen-bond acceptors (Lipinski definition) is 5. The molecular weight excluding hydrogens is 344 g/mol. The number of nitrogens with zero attached hydrogens (tertiary/aromatic N) is 2. The van der Waals surface area contributed by atoms with E-state index in [0.717, 1.165) is 0 Å². The summed E-state index contributed by atoms with van der Waals surface area (Å²) in [6.45, 7) is 2.22. The second-order valence-electron chi connectivity index (χ2n) is 6.34. The molecule has 0 aliphatic carbocycles. The molecular formula is C18H17F2N3OS. The van der Waals surface area contributed by atoms with E-state index in [1.54, 1.807) is 24.3 Å². The Morgan fingerprint density at radius 2 is 2.16 bits per heavy atom. The van der Waals surface area contributed by atoms with Gasteiger partial charge in [-0.2, -0.15) is 4.39 Å². The average molecular weight is 361 g/mol. The molecule has 25 heavy (non-hydrogen) atoms. The van der Waals surface area contributed by atoms with E-state index in [1.165, 1.54) is 24.0 Å². The molecule has 1 aromatic heterocycles. The molecule has 2 aliphatic heterocycles. The number of benzene rings is 1. The van der Waals surface area contributed by atoms with Gasteiger partial charge in [-0.3, -0.25) is 0 Å². The van der Waals surface area contributed by atoms with E-state index in [2.05, 4.69) is 9.98 Å². The van der Waals surface area contributed by atoms with Crippen molar-refractivity contribution in [2.75, 3.05) is 12.4 Å². The first-order chi connectivity index (χ1) is 12.0. The van der Waals surface area contributed by atoms with Gasteiger partial charge >= 0.3 is 0 Å². The number of nitrogens with two attached hydrogens (primary N) is 1. The van der Waals surface area contributed by atoms with Crippen molar-refractivity contribution >= 4 is 16.9 Å². The number of aliphatic imine (C=N–C) groups is 1. The zero-order chi connectivity index (χ0) is 17.6. The van der Waals surface area contributed by atoms with Crippen LogP contribution in [0.5, 0.6) is 0 Å². The molecule has 0 radical (unpaired) electrons. The van der Waals surface area contributed by atoms with E-state index < -0.39 is 11.5 Å². The summed E-state index contributed by atoms with van der Waals surface area (Å²) in [7, 11) is 0. The molecule has 4 rings (SSSR count). The molecule has 1 saturated heterocycles. The number of pyridine rings is 1. The minimum Gasteiger partial charge on any atom is -0.379 e. The fourth-order valence-electron chi connectivity index (χ4n) is 3.63. The number of ether oxygens (including phenoxy) is 1. The molecule has 2 aliphatic rings. The molecule has 0 saturated carbocycles. The molecule has 3 atom stereocenters. The van der Waals surface area contributed by atoms with Crippen LogP contribution < -0.4 is 5.73 Å². The van der Waals surface area contributed by atoms with E-state index in [0.29, 0.717) is 27.6 Å². The molecule has 2 N–H and O–H groups in total. The summed E-state index contributed by atoms with van der Waals surface area (Å²) >= 11 is 1.46. The van der Waals surface area contributed by atoms with Crippen LogP contribution in [0.3, 0.4) is 0 Å². The van der Waals surface area contributed by atoms with Crippen LogP contribution in [0.25, 0.3) is 11.1 Å². The molecule has 3 heterocycles. The Hall–Kier alpha value is -1.99. The third-order valence-electron chi connectivity index (χ3n) is 4.97. The second-order valence-corrected chi connectivity index (χ2v) is 7.38. The van der Waals surface area contributed by atoms with Gasteiger partial charge in [0.25, 0.3) is 0 Å². The van der Waals surface area contributed by atoms with Crippen molar-refractivity contribution in [3.63, 3.8) is 0 Å². The second kappa shape index (κ2) is 6.07. The van der Waals surface area contributed by atoms with E-state index >= 15 is 0 Å². The monoisotopic (exact) mass is 361 g/mol. The van der Waals surface area contributed by atoms with E-state index in [4.69, 9.17) is 10.5 Å². The zero-order valence-corrected chi connectivity index (χ0v) is 14.4. The minimum absolute atomic E-state index is 0.00768. The third kappa shape index (κ3) is 2.62. The van der Waals surface area contributed by atoms with E-state index in [1.807, 2.05) is 6.92 Å². The molecule has 1 fully saturated rings. The van der Waals surface area contributed by atoms with Gasteiger partial charge in [0.15, 0.2) is 5.17 Å². The highest BCUT2D eigenvalue weighted by Gasteiger charge is 2.52. The standard InChI is InChI=1S/C18H17F2N3OS/c1-10-14-8-25-17(21)23-18(14,9-24-10)13-7-11(4-5-15(13)19)12-3-2-6-22-16(12)20/h2-7,10,14H,8-9H2,1H3,(H2,21,23)/t10-,14-,18-/m1/s1. The highest BCUT2D eigenvalue weighted by Crippen LogP contribution is 2.48. The molecule has 7 heteroatoms. The lowest BCUT2D eigenvalue weighted by molar-refractivity contribution is 0.107. The highest BCUT2D eigenvalue weighted by atomic mass is 32.2. The van der Waals surface area contributed by atoms with Crippen LogP contribution in [-0.2, 0) is 10.3 Å². The Morgan fingerprint density at radius 3 is 2.96 bits per heavy atom. The summed E-state index contributed by atoms with van der Waals surface area (Å²) in [5.41, 5.74) is 6.36. The first-order valence-electron chi connectivity index (χ1n) is 8.02. The number of aromatic nitrogens is 1. The maximum atomic E-state index is 14.8. The van der Waals surface area contributed by atoms with Crippen LogP contribution in [-0.4, -0.2) is 28.6 Å². The smallest absolute Gasteiger partial charge is 0.220 e. The predicted octanol–water partition coefficient (Wildman–Crippen LogP) is 3.32. The molecule has 0 unspecified atom stereocenters. The van der Waals surface area contributed by atoms with Crippen LogP contribution >= 0.6 is 11.8 Å². The molecule has 0 amide bonds. The van der Waals surface area contributed by atoms with Gasteiger partial charge in [-0.05, 0) is 36.8 Å². The van der Waals surface area contributed by atoms with Gasteiger partial charge in [-0.25, -0.2) is 14.4 Å². The minimum atomic E-state index is -0.868. The van der Waals surface area contributed by atoms with Gasteiger partial charge in [-0.15, -0.1) is 0 Å². The van der Waals surface area contributed by atoms with Crippen LogP contribution in [0.15, 0.2) is 41.5 Å². The number of rotatable bonds is 2. The van der Waals surface area contributed by atoms with Gasteiger partial charge in [0.1, 0.15) is 11.4 Å². The quantitative estimate of drug-likeness (QED) is 0.834. The first kappa shape index (κ1) is 16.5. The van der Waals surface area contributed by atoms with E-state index in [9.17, 15) is 8.78 Å². The van der Waals surface area contributed by atoms with Crippen LogP contribution in [0.1, 0.15) is 12.5 Å². The maximum absolute atomic E-state index is 14.8. The van der Waals surface area contributed by atoms with Crippen molar-refractivity contribution in [3.05, 3.63) is 53.9 Å². The molecule has 0 spiro atoms. The Labute approximate surface area is 148 Å². The predicted molar refractivity (Wildman–Crippen MR) is 94.3 cm³/mol. The van der Waals surface area contributed by atoms with Crippen molar-refractivity contribution in [1.29, 1.82) is 0 Å². The Bertz CT molecular complexity index is 860. The largest absolute Gasteiger partial charge is 0.379 e. The van der Waals surface area contributed by atoms with Crippen molar-refractivity contribution in [3.8, 4) is 11.1 Å². The first-order valence-corrected chi connectivity index (χ1v) is 9.00. The number of amidine groups is 1. The molecule has 4 nitrogen and oxygen atoms in total. The lowest BCUT2D eigenvalue weighted by Crippen LogP contribution is -2.41. The van der Waals surface area contributed by atoms with Gasteiger partial charge in [0, 0.05) is 29.0 Å². The topological polar surface area (TPSA) is 60.5 Å². The molecule has 2 aromatic rings. The Kier molecular flexibility index (Phi) is 4.00. The summed E-state index contributed by atoms with van der Waals surface area (Å²) in [4.78, 5) is 8.27. The lowest BCUT2D eigenvalue weighted by Gasteiger charge is -2.35. The fraction of sp³-hybridized carbons (Fsp3) is 0.333. The van der Waals surface area contributed by atoms with E-state index in [-0.39, 0.29) is 24.4 Å². The van der Waals surface area contributed by atoms with Gasteiger partial charge in [0.05, 0.1) is 12.7 Å². The van der Waals surface area contributed by atoms with Crippen molar-refractivity contribution in [2.24, 2.45) is 16.6 Å². The zero-order valence-electron chi connectivity index (χ0n) is 13.6. The number of fused-ring (bicyclic) bond motifs is 1. The summed E-state index contributed by atoms with van der Waals surface area (Å²) in [5, 5.41) is 0.423. The SMILES string of the molecule is C[C@H]1OC[C@]2(c3cc(-c4cccnc4F)ccc3F)N=C(N)SC[C@H]12. The fourth-order valence-corrected chi connectivity index (χ4v) is 4.75. The number of thioether (sulfide) groups is 1. The summed E-state index contributed by atoms with van der Waals surface area (Å²) < 4.78 is 34.6. The summed E-state index contributed by atoms with van der Waals surface area (Å²) in [6, 6.07) is 7.82. The van der Waals surface area contributed by atoms with Gasteiger partial charge in [0.2, 0.25) is 5.95 Å². The average Bonchev–Trinajstić information content (AvgIpc) is 2.93. The third-order valence-corrected chi connectivity index (χ3v) is 5.88. The summed E-state index contributed by atoms with van der Waals surface area (Å²) in [6.07, 6.45) is 1.33. The highest BCUT2D eigenvalue weighted by molar-refractivity contribution is 8.13. The number of halogens is 2. The maximum Gasteiger partial charge on any atom is 0.220 e.